The highest BCUT2D eigenvalue weighted by atomic mass is 35.5. The van der Waals surface area contributed by atoms with Crippen LogP contribution in [0.1, 0.15) is 17.4 Å². The molecular formula is C9H13ClN2OS. The summed E-state index contributed by atoms with van der Waals surface area (Å²) < 4.78 is 0. The number of halogens is 1. The molecule has 0 spiro atoms. The minimum absolute atomic E-state index is 0. The zero-order chi connectivity index (χ0) is 9.26. The number of carbonyl (C=O) groups excluding carboxylic acids is 1. The van der Waals surface area contributed by atoms with Crippen molar-refractivity contribution >= 4 is 34.7 Å². The topological polar surface area (TPSA) is 41.1 Å². The highest BCUT2D eigenvalue weighted by molar-refractivity contribution is 7.16. The number of amides is 1. The van der Waals surface area contributed by atoms with E-state index in [1.807, 2.05) is 0 Å². The minimum atomic E-state index is 0. The Balaban J connectivity index is 0.000000980. The van der Waals surface area contributed by atoms with Crippen LogP contribution in [0.5, 0.6) is 0 Å². The fraction of sp³-hybridized carbons (Fsp3) is 0.444. The summed E-state index contributed by atoms with van der Waals surface area (Å²) in [7, 11) is 0. The summed E-state index contributed by atoms with van der Waals surface area (Å²) in [6.07, 6.45) is 1.07. The second kappa shape index (κ2) is 4.77. The molecule has 0 fully saturated rings. The van der Waals surface area contributed by atoms with Gasteiger partial charge in [0, 0.05) is 18.3 Å². The Kier molecular flexibility index (Phi) is 3.92. The van der Waals surface area contributed by atoms with Gasteiger partial charge >= 0.3 is 0 Å². The molecule has 0 atom stereocenters. The van der Waals surface area contributed by atoms with Gasteiger partial charge in [-0.05, 0) is 24.6 Å². The quantitative estimate of drug-likeness (QED) is 0.775. The number of thiophene rings is 1. The molecule has 5 heteroatoms. The van der Waals surface area contributed by atoms with Crippen LogP contribution in [0.15, 0.2) is 6.07 Å². The second-order valence-electron chi connectivity index (χ2n) is 3.17. The van der Waals surface area contributed by atoms with Gasteiger partial charge in [-0.1, -0.05) is 0 Å². The molecule has 0 unspecified atom stereocenters. The van der Waals surface area contributed by atoms with Crippen molar-refractivity contribution in [1.29, 1.82) is 0 Å². The maximum atomic E-state index is 10.8. The Morgan fingerprint density at radius 3 is 3.07 bits per heavy atom. The average Bonchev–Trinajstić information content (AvgIpc) is 2.44. The number of carbonyl (C=O) groups is 1. The van der Waals surface area contributed by atoms with E-state index in [1.54, 1.807) is 11.3 Å². The van der Waals surface area contributed by atoms with Crippen LogP contribution in [-0.2, 0) is 17.8 Å². The smallest absolute Gasteiger partial charge is 0.221 e. The summed E-state index contributed by atoms with van der Waals surface area (Å²) in [5.74, 6) is 0.00607. The van der Waals surface area contributed by atoms with E-state index in [0.717, 1.165) is 24.5 Å². The standard InChI is InChI=1S/C9H12N2OS.ClH/c1-6(12)11-9-4-7-2-3-10-5-8(7)13-9;/h4,10H,2-3,5H2,1H3,(H,11,12);1H. The monoisotopic (exact) mass is 232 g/mol. The van der Waals surface area contributed by atoms with E-state index in [0.29, 0.717) is 0 Å². The van der Waals surface area contributed by atoms with Gasteiger partial charge in [-0.3, -0.25) is 4.79 Å². The number of fused-ring (bicyclic) bond motifs is 1. The third-order valence-electron chi connectivity index (χ3n) is 2.05. The lowest BCUT2D eigenvalue weighted by Gasteiger charge is -2.10. The normalized spacial score (nSPS) is 14.1. The van der Waals surface area contributed by atoms with Crippen molar-refractivity contribution in [3.05, 3.63) is 16.5 Å². The van der Waals surface area contributed by atoms with Crippen LogP contribution in [0.2, 0.25) is 0 Å². The van der Waals surface area contributed by atoms with Crippen LogP contribution < -0.4 is 10.6 Å². The third-order valence-corrected chi connectivity index (χ3v) is 3.15. The molecule has 1 aromatic rings. The summed E-state index contributed by atoms with van der Waals surface area (Å²) in [6, 6.07) is 2.09. The highest BCUT2D eigenvalue weighted by Crippen LogP contribution is 2.28. The second-order valence-corrected chi connectivity index (χ2v) is 4.30. The maximum absolute atomic E-state index is 10.8. The largest absolute Gasteiger partial charge is 0.318 e. The van der Waals surface area contributed by atoms with Crippen molar-refractivity contribution in [1.82, 2.24) is 5.32 Å². The lowest BCUT2D eigenvalue weighted by atomic mass is 10.1. The molecule has 2 rings (SSSR count). The van der Waals surface area contributed by atoms with Gasteiger partial charge in [0.05, 0.1) is 5.00 Å². The van der Waals surface area contributed by atoms with Crippen LogP contribution >= 0.6 is 23.7 Å². The molecule has 0 bridgehead atoms. The summed E-state index contributed by atoms with van der Waals surface area (Å²) in [4.78, 5) is 12.2. The molecule has 0 aliphatic carbocycles. The first-order valence-electron chi connectivity index (χ1n) is 4.35. The van der Waals surface area contributed by atoms with Crippen molar-refractivity contribution < 1.29 is 4.79 Å². The maximum Gasteiger partial charge on any atom is 0.221 e. The van der Waals surface area contributed by atoms with Gasteiger partial charge in [0.1, 0.15) is 0 Å². The van der Waals surface area contributed by atoms with Gasteiger partial charge in [0.25, 0.3) is 0 Å². The van der Waals surface area contributed by atoms with E-state index >= 15 is 0 Å². The Morgan fingerprint density at radius 1 is 1.64 bits per heavy atom. The van der Waals surface area contributed by atoms with Gasteiger partial charge in [-0.2, -0.15) is 0 Å². The molecule has 0 radical (unpaired) electrons. The Morgan fingerprint density at radius 2 is 2.43 bits per heavy atom. The minimum Gasteiger partial charge on any atom is -0.318 e. The van der Waals surface area contributed by atoms with E-state index in [4.69, 9.17) is 0 Å². The highest BCUT2D eigenvalue weighted by Gasteiger charge is 2.12. The Hall–Kier alpha value is -0.580. The zero-order valence-electron chi connectivity index (χ0n) is 7.92. The molecule has 0 saturated heterocycles. The first-order chi connectivity index (χ1) is 6.25. The van der Waals surface area contributed by atoms with Crippen molar-refractivity contribution in [3.8, 4) is 0 Å². The summed E-state index contributed by atoms with van der Waals surface area (Å²) in [5.41, 5.74) is 1.38. The van der Waals surface area contributed by atoms with E-state index < -0.39 is 0 Å². The van der Waals surface area contributed by atoms with Gasteiger partial charge in [0.2, 0.25) is 5.91 Å². The fourth-order valence-corrected chi connectivity index (χ4v) is 2.62. The molecule has 1 aliphatic heterocycles. The van der Waals surface area contributed by atoms with Gasteiger partial charge < -0.3 is 10.6 Å². The molecule has 14 heavy (non-hydrogen) atoms. The van der Waals surface area contributed by atoms with Crippen molar-refractivity contribution in [2.24, 2.45) is 0 Å². The lowest BCUT2D eigenvalue weighted by molar-refractivity contribution is -0.114. The third kappa shape index (κ3) is 2.47. The molecule has 1 aliphatic rings. The van der Waals surface area contributed by atoms with Crippen LogP contribution in [0.4, 0.5) is 5.00 Å². The Labute approximate surface area is 93.3 Å². The van der Waals surface area contributed by atoms with Crippen molar-refractivity contribution in [2.45, 2.75) is 19.9 Å². The molecular weight excluding hydrogens is 220 g/mol. The van der Waals surface area contributed by atoms with Crippen molar-refractivity contribution in [2.75, 3.05) is 11.9 Å². The molecule has 2 N–H and O–H groups in total. The number of anilines is 1. The van der Waals surface area contributed by atoms with Crippen LogP contribution in [0.3, 0.4) is 0 Å². The Bertz CT molecular complexity index is 314. The molecule has 0 saturated carbocycles. The number of nitrogens with one attached hydrogen (secondary N) is 2. The van der Waals surface area contributed by atoms with Crippen LogP contribution in [0, 0.1) is 0 Å². The molecule has 3 nitrogen and oxygen atoms in total. The van der Waals surface area contributed by atoms with Gasteiger partial charge in [0.15, 0.2) is 0 Å². The van der Waals surface area contributed by atoms with Gasteiger partial charge in [-0.15, -0.1) is 23.7 Å². The molecule has 1 amide bonds. The molecule has 0 aromatic carbocycles. The summed E-state index contributed by atoms with van der Waals surface area (Å²) in [5, 5.41) is 7.09. The first-order valence-corrected chi connectivity index (χ1v) is 5.17. The molecule has 1 aromatic heterocycles. The van der Waals surface area contributed by atoms with E-state index in [1.165, 1.54) is 17.4 Å². The fourth-order valence-electron chi connectivity index (χ4n) is 1.49. The van der Waals surface area contributed by atoms with E-state index in [9.17, 15) is 4.79 Å². The predicted octanol–water partition coefficient (Wildman–Crippen LogP) is 1.77. The van der Waals surface area contributed by atoms with E-state index in [2.05, 4.69) is 16.7 Å². The predicted molar refractivity (Wildman–Crippen MR) is 61.3 cm³/mol. The number of rotatable bonds is 1. The lowest BCUT2D eigenvalue weighted by Crippen LogP contribution is -2.21. The summed E-state index contributed by atoms with van der Waals surface area (Å²) >= 11 is 1.67. The van der Waals surface area contributed by atoms with E-state index in [-0.39, 0.29) is 18.3 Å². The zero-order valence-corrected chi connectivity index (χ0v) is 9.56. The SMILES string of the molecule is CC(=O)Nc1cc2c(s1)CNCC2.Cl. The molecule has 2 heterocycles. The van der Waals surface area contributed by atoms with Crippen LogP contribution in [-0.4, -0.2) is 12.5 Å². The number of hydrogen-bond acceptors (Lipinski definition) is 3. The average molecular weight is 233 g/mol. The first kappa shape index (κ1) is 11.5. The molecule has 78 valence electrons. The van der Waals surface area contributed by atoms with Crippen LogP contribution in [0.25, 0.3) is 0 Å². The van der Waals surface area contributed by atoms with Gasteiger partial charge in [-0.25, -0.2) is 0 Å². The van der Waals surface area contributed by atoms with Crippen molar-refractivity contribution in [3.63, 3.8) is 0 Å². The number of hydrogen-bond donors (Lipinski definition) is 2. The summed E-state index contributed by atoms with van der Waals surface area (Å²) in [6.45, 7) is 3.53.